The molecule has 1 heterocycles. The van der Waals surface area contributed by atoms with Crippen molar-refractivity contribution < 1.29 is 34.7 Å². The molecule has 4 N–H and O–H groups in total. The lowest BCUT2D eigenvalue weighted by Gasteiger charge is -2.36. The average Bonchev–Trinajstić information content (AvgIpc) is 2.58. The largest absolute Gasteiger partial charge is 0.475 e. The van der Waals surface area contributed by atoms with Crippen LogP contribution in [0.4, 0.5) is 0 Å². The van der Waals surface area contributed by atoms with E-state index >= 15 is 0 Å². The van der Waals surface area contributed by atoms with Gasteiger partial charge in [0.1, 0.15) is 12.2 Å². The summed E-state index contributed by atoms with van der Waals surface area (Å²) < 4.78 is 10.4. The van der Waals surface area contributed by atoms with Crippen LogP contribution in [-0.4, -0.2) is 57.6 Å². The Morgan fingerprint density at radius 1 is 1.33 bits per heavy atom. The van der Waals surface area contributed by atoms with E-state index in [1.807, 2.05) is 13.8 Å². The van der Waals surface area contributed by atoms with E-state index in [2.05, 4.69) is 13.2 Å². The van der Waals surface area contributed by atoms with E-state index in [0.29, 0.717) is 5.57 Å². The fraction of sp³-hybridized carbons (Fsp3) is 0.471. The van der Waals surface area contributed by atoms with Crippen molar-refractivity contribution in [1.29, 1.82) is 0 Å². The molecule has 0 saturated carbocycles. The molecular formula is C17H26O7. The maximum Gasteiger partial charge on any atom is 0.371 e. The van der Waals surface area contributed by atoms with E-state index in [0.717, 1.165) is 0 Å². The van der Waals surface area contributed by atoms with Crippen LogP contribution in [0.1, 0.15) is 20.3 Å². The molecule has 4 atom stereocenters. The van der Waals surface area contributed by atoms with Crippen LogP contribution < -0.4 is 0 Å². The second-order valence-corrected chi connectivity index (χ2v) is 4.62. The number of aliphatic carboxylic acids is 1. The first-order valence-corrected chi connectivity index (χ1v) is 7.62. The Bertz CT molecular complexity index is 481. The van der Waals surface area contributed by atoms with E-state index in [-0.39, 0.29) is 6.42 Å². The van der Waals surface area contributed by atoms with Crippen molar-refractivity contribution in [3.05, 3.63) is 48.8 Å². The van der Waals surface area contributed by atoms with Gasteiger partial charge in [-0.25, -0.2) is 4.79 Å². The summed E-state index contributed by atoms with van der Waals surface area (Å²) in [5.74, 6) is -1.75. The molecule has 0 bridgehead atoms. The SMILES string of the molecule is C=C/C=C(C=C)/C=C(\OC1CC(O)C(O)C(CO)O1)C(=O)O.CC. The van der Waals surface area contributed by atoms with Crippen LogP contribution in [0.3, 0.4) is 0 Å². The molecule has 0 radical (unpaired) electrons. The third kappa shape index (κ3) is 6.67. The highest BCUT2D eigenvalue weighted by Gasteiger charge is 2.38. The average molecular weight is 342 g/mol. The van der Waals surface area contributed by atoms with Gasteiger partial charge in [0, 0.05) is 6.42 Å². The number of carboxylic acid groups (broad SMARTS) is 1. The van der Waals surface area contributed by atoms with Crippen molar-refractivity contribution in [2.24, 2.45) is 0 Å². The molecule has 7 nitrogen and oxygen atoms in total. The summed E-state index contributed by atoms with van der Waals surface area (Å²) >= 11 is 0. The van der Waals surface area contributed by atoms with Gasteiger partial charge in [-0.2, -0.15) is 0 Å². The molecule has 1 aliphatic rings. The zero-order valence-corrected chi connectivity index (χ0v) is 14.0. The lowest BCUT2D eigenvalue weighted by Crippen LogP contribution is -2.50. The highest BCUT2D eigenvalue weighted by molar-refractivity contribution is 5.85. The number of carboxylic acids is 1. The van der Waals surface area contributed by atoms with Crippen LogP contribution in [0.5, 0.6) is 0 Å². The van der Waals surface area contributed by atoms with Crippen LogP contribution in [0.2, 0.25) is 0 Å². The van der Waals surface area contributed by atoms with E-state index in [1.165, 1.54) is 24.3 Å². The fourth-order valence-electron chi connectivity index (χ4n) is 1.89. The minimum Gasteiger partial charge on any atom is -0.475 e. The van der Waals surface area contributed by atoms with Gasteiger partial charge in [-0.05, 0) is 11.6 Å². The van der Waals surface area contributed by atoms with Gasteiger partial charge in [-0.15, -0.1) is 0 Å². The quantitative estimate of drug-likeness (QED) is 0.311. The summed E-state index contributed by atoms with van der Waals surface area (Å²) in [5, 5.41) is 37.5. The molecule has 0 aromatic rings. The number of carbonyl (C=O) groups is 1. The maximum atomic E-state index is 11.2. The second-order valence-electron chi connectivity index (χ2n) is 4.62. The molecule has 4 unspecified atom stereocenters. The van der Waals surface area contributed by atoms with Crippen molar-refractivity contribution in [1.82, 2.24) is 0 Å². The van der Waals surface area contributed by atoms with Crippen molar-refractivity contribution in [2.75, 3.05) is 6.61 Å². The Hall–Kier alpha value is -1.93. The van der Waals surface area contributed by atoms with Crippen molar-refractivity contribution >= 4 is 5.97 Å². The van der Waals surface area contributed by atoms with E-state index in [9.17, 15) is 15.0 Å². The lowest BCUT2D eigenvalue weighted by atomic mass is 10.0. The Kier molecular flexibility index (Phi) is 10.7. The molecule has 1 aliphatic heterocycles. The molecule has 1 fully saturated rings. The van der Waals surface area contributed by atoms with Gasteiger partial charge < -0.3 is 29.9 Å². The van der Waals surface area contributed by atoms with E-state index < -0.39 is 42.9 Å². The Morgan fingerprint density at radius 2 is 1.96 bits per heavy atom. The van der Waals surface area contributed by atoms with Crippen LogP contribution in [0.15, 0.2) is 48.8 Å². The first-order chi connectivity index (χ1) is 11.4. The first kappa shape index (κ1) is 22.1. The van der Waals surface area contributed by atoms with E-state index in [4.69, 9.17) is 19.7 Å². The molecule has 1 rings (SSSR count). The number of hydrogen-bond donors (Lipinski definition) is 4. The molecule has 0 aromatic carbocycles. The number of allylic oxidation sites excluding steroid dienone is 5. The number of hydrogen-bond acceptors (Lipinski definition) is 6. The maximum absolute atomic E-state index is 11.2. The number of aliphatic hydroxyl groups excluding tert-OH is 3. The summed E-state index contributed by atoms with van der Waals surface area (Å²) in [7, 11) is 0. The molecule has 7 heteroatoms. The monoisotopic (exact) mass is 342 g/mol. The number of aliphatic hydroxyl groups is 3. The zero-order chi connectivity index (χ0) is 18.7. The zero-order valence-electron chi connectivity index (χ0n) is 14.0. The van der Waals surface area contributed by atoms with Crippen LogP contribution in [0, 0.1) is 0 Å². The molecule has 0 aliphatic carbocycles. The molecular weight excluding hydrogens is 316 g/mol. The van der Waals surface area contributed by atoms with Gasteiger partial charge in [0.05, 0.1) is 12.7 Å². The minimum atomic E-state index is -1.33. The fourth-order valence-corrected chi connectivity index (χ4v) is 1.89. The number of ether oxygens (including phenoxy) is 2. The molecule has 0 aromatic heterocycles. The molecule has 0 spiro atoms. The standard InChI is InChI=1S/C15H20O7.C2H6/c1-3-5-9(4-2)6-11(15(19)20)21-13-7-10(17)14(18)12(8-16)22-13;1-2/h3-6,10,12-14,16-18H,1-2,7-8H2,(H,19,20);1-2H3/b9-5+,11-6-;. The predicted molar refractivity (Wildman–Crippen MR) is 89.0 cm³/mol. The van der Waals surface area contributed by atoms with Crippen molar-refractivity contribution in [2.45, 2.75) is 44.9 Å². The molecule has 136 valence electrons. The van der Waals surface area contributed by atoms with Gasteiger partial charge in [-0.1, -0.05) is 45.2 Å². The van der Waals surface area contributed by atoms with Crippen LogP contribution in [-0.2, 0) is 14.3 Å². The smallest absolute Gasteiger partial charge is 0.371 e. The van der Waals surface area contributed by atoms with Gasteiger partial charge in [0.25, 0.3) is 0 Å². The molecule has 0 amide bonds. The Balaban J connectivity index is 0.00000254. The van der Waals surface area contributed by atoms with Crippen LogP contribution >= 0.6 is 0 Å². The van der Waals surface area contributed by atoms with Gasteiger partial charge in [0.2, 0.25) is 12.0 Å². The molecule has 24 heavy (non-hydrogen) atoms. The highest BCUT2D eigenvalue weighted by Crippen LogP contribution is 2.23. The Labute approximate surface area is 141 Å². The number of rotatable bonds is 7. The first-order valence-electron chi connectivity index (χ1n) is 7.62. The van der Waals surface area contributed by atoms with Gasteiger partial charge in [0.15, 0.2) is 0 Å². The van der Waals surface area contributed by atoms with Gasteiger partial charge >= 0.3 is 5.97 Å². The van der Waals surface area contributed by atoms with Gasteiger partial charge in [-0.3, -0.25) is 0 Å². The third-order valence-electron chi connectivity index (χ3n) is 3.03. The summed E-state index contributed by atoms with van der Waals surface area (Å²) in [6, 6.07) is 0. The normalized spacial score (nSPS) is 27.5. The Morgan fingerprint density at radius 3 is 2.42 bits per heavy atom. The summed E-state index contributed by atoms with van der Waals surface area (Å²) in [6.07, 6.45) is 0.925. The highest BCUT2D eigenvalue weighted by atomic mass is 16.7. The minimum absolute atomic E-state index is 0.128. The predicted octanol–water partition coefficient (Wildman–Crippen LogP) is 1.13. The topological polar surface area (TPSA) is 116 Å². The van der Waals surface area contributed by atoms with Crippen molar-refractivity contribution in [3.8, 4) is 0 Å². The van der Waals surface area contributed by atoms with Crippen LogP contribution in [0.25, 0.3) is 0 Å². The van der Waals surface area contributed by atoms with Crippen molar-refractivity contribution in [3.63, 3.8) is 0 Å². The summed E-state index contributed by atoms with van der Waals surface area (Å²) in [6.45, 7) is 10.5. The summed E-state index contributed by atoms with van der Waals surface area (Å²) in [4.78, 5) is 11.2. The lowest BCUT2D eigenvalue weighted by molar-refractivity contribution is -0.246. The summed E-state index contributed by atoms with van der Waals surface area (Å²) in [5.41, 5.74) is 0.461. The van der Waals surface area contributed by atoms with E-state index in [1.54, 1.807) is 0 Å². The second kappa shape index (κ2) is 11.6. The third-order valence-corrected chi connectivity index (χ3v) is 3.03. The molecule has 1 saturated heterocycles.